The van der Waals surface area contributed by atoms with Crippen LogP contribution in [0.1, 0.15) is 16.1 Å². The van der Waals surface area contributed by atoms with Gasteiger partial charge in [0.2, 0.25) is 5.91 Å². The summed E-state index contributed by atoms with van der Waals surface area (Å²) in [5.41, 5.74) is 3.03. The molecular formula is C19H17N3OS2. The number of benzene rings is 2. The molecule has 1 heterocycles. The maximum atomic E-state index is 12.0. The summed E-state index contributed by atoms with van der Waals surface area (Å²) in [6, 6.07) is 17.9. The van der Waals surface area contributed by atoms with Crippen LogP contribution in [0.25, 0.3) is 12.2 Å². The molecule has 0 saturated carbocycles. The van der Waals surface area contributed by atoms with Crippen LogP contribution in [-0.2, 0) is 4.79 Å². The van der Waals surface area contributed by atoms with Crippen LogP contribution in [-0.4, -0.2) is 21.9 Å². The average Bonchev–Trinajstić information content (AvgIpc) is 3.06. The summed E-state index contributed by atoms with van der Waals surface area (Å²) in [5.74, 6) is 0.273. The van der Waals surface area contributed by atoms with Crippen LogP contribution < -0.4 is 5.32 Å². The number of nitrogens with one attached hydrogen (secondary N) is 1. The Hall–Kier alpha value is -2.44. The summed E-state index contributed by atoms with van der Waals surface area (Å²) < 4.78 is 0.814. The Bertz CT molecular complexity index is 858. The number of rotatable bonds is 6. The van der Waals surface area contributed by atoms with Crippen molar-refractivity contribution in [2.45, 2.75) is 11.3 Å². The number of hydrogen-bond acceptors (Lipinski definition) is 5. The Morgan fingerprint density at radius 2 is 1.72 bits per heavy atom. The van der Waals surface area contributed by atoms with Gasteiger partial charge in [-0.2, -0.15) is 0 Å². The monoisotopic (exact) mass is 367 g/mol. The van der Waals surface area contributed by atoms with E-state index in [-0.39, 0.29) is 5.91 Å². The number of nitrogens with zero attached hydrogens (tertiary/aromatic N) is 2. The molecule has 25 heavy (non-hydrogen) atoms. The molecule has 0 fully saturated rings. The molecule has 0 aliphatic carbocycles. The molecule has 0 spiro atoms. The number of thioether (sulfide) groups is 1. The zero-order valence-corrected chi connectivity index (χ0v) is 15.3. The Labute approximate surface area is 155 Å². The van der Waals surface area contributed by atoms with Gasteiger partial charge < -0.3 is 5.32 Å². The Morgan fingerprint density at radius 1 is 1.04 bits per heavy atom. The molecule has 0 radical (unpaired) electrons. The van der Waals surface area contributed by atoms with Crippen molar-refractivity contribution in [2.24, 2.45) is 0 Å². The second-order valence-corrected chi connectivity index (χ2v) is 7.69. The van der Waals surface area contributed by atoms with E-state index in [1.165, 1.54) is 23.1 Å². The van der Waals surface area contributed by atoms with Crippen LogP contribution in [0.4, 0.5) is 5.69 Å². The van der Waals surface area contributed by atoms with Gasteiger partial charge in [-0.05, 0) is 30.2 Å². The van der Waals surface area contributed by atoms with E-state index in [4.69, 9.17) is 0 Å². The minimum absolute atomic E-state index is 0.0505. The lowest BCUT2D eigenvalue weighted by molar-refractivity contribution is -0.113. The molecular weight excluding hydrogens is 350 g/mol. The molecule has 126 valence electrons. The second-order valence-electron chi connectivity index (χ2n) is 5.29. The molecule has 0 aliphatic rings. The molecule has 0 atom stereocenters. The first-order valence-corrected chi connectivity index (χ1v) is 9.55. The predicted octanol–water partition coefficient (Wildman–Crippen LogP) is 4.75. The fourth-order valence-electron chi connectivity index (χ4n) is 2.10. The summed E-state index contributed by atoms with van der Waals surface area (Å²) in [7, 11) is 0. The lowest BCUT2D eigenvalue weighted by atomic mass is 10.1. The fourth-order valence-corrected chi connectivity index (χ4v) is 3.71. The van der Waals surface area contributed by atoms with Gasteiger partial charge in [-0.1, -0.05) is 77.7 Å². The number of carbonyl (C=O) groups excluding carboxylic acids is 1. The van der Waals surface area contributed by atoms with Crippen molar-refractivity contribution in [1.82, 2.24) is 10.2 Å². The largest absolute Gasteiger partial charge is 0.325 e. The van der Waals surface area contributed by atoms with E-state index < -0.39 is 0 Å². The molecule has 0 saturated heterocycles. The summed E-state index contributed by atoms with van der Waals surface area (Å²) >= 11 is 2.89. The Balaban J connectivity index is 1.51. The third-order valence-corrected chi connectivity index (χ3v) is 5.27. The molecule has 2 aromatic carbocycles. The van der Waals surface area contributed by atoms with E-state index in [0.717, 1.165) is 26.2 Å². The summed E-state index contributed by atoms with van der Waals surface area (Å²) in [4.78, 5) is 12.0. The molecule has 1 amide bonds. The lowest BCUT2D eigenvalue weighted by Gasteiger charge is -2.04. The number of aryl methyl sites for hydroxylation is 1. The normalized spacial score (nSPS) is 10.9. The van der Waals surface area contributed by atoms with Crippen LogP contribution in [0.2, 0.25) is 0 Å². The van der Waals surface area contributed by atoms with Gasteiger partial charge in [-0.25, -0.2) is 0 Å². The third-order valence-electron chi connectivity index (χ3n) is 3.30. The Morgan fingerprint density at radius 3 is 2.36 bits per heavy atom. The van der Waals surface area contributed by atoms with E-state index in [0.29, 0.717) is 5.75 Å². The van der Waals surface area contributed by atoms with E-state index in [1.807, 2.05) is 49.4 Å². The molecule has 3 aromatic rings. The third kappa shape index (κ3) is 5.55. The van der Waals surface area contributed by atoms with Crippen molar-refractivity contribution in [3.8, 4) is 0 Å². The van der Waals surface area contributed by atoms with Crippen LogP contribution in [0.5, 0.6) is 0 Å². The minimum atomic E-state index is -0.0505. The second kappa shape index (κ2) is 8.60. The molecule has 3 rings (SSSR count). The van der Waals surface area contributed by atoms with Crippen molar-refractivity contribution in [1.29, 1.82) is 0 Å². The maximum absolute atomic E-state index is 12.0. The van der Waals surface area contributed by atoms with Crippen molar-refractivity contribution >= 4 is 46.8 Å². The molecule has 1 N–H and O–H groups in total. The molecule has 0 aliphatic heterocycles. The van der Waals surface area contributed by atoms with Crippen LogP contribution in [0.15, 0.2) is 58.9 Å². The topological polar surface area (TPSA) is 54.9 Å². The standard InChI is InChI=1S/C19H17N3OS2/c1-14-21-22-19(25-14)24-13-18(23)20-17-11-9-16(10-12-17)8-7-15-5-3-2-4-6-15/h2-12H,13H2,1H3,(H,20,23). The summed E-state index contributed by atoms with van der Waals surface area (Å²) in [5, 5.41) is 11.7. The fraction of sp³-hybridized carbons (Fsp3) is 0.105. The predicted molar refractivity (Wildman–Crippen MR) is 106 cm³/mol. The van der Waals surface area contributed by atoms with Crippen LogP contribution in [0, 0.1) is 6.92 Å². The highest BCUT2D eigenvalue weighted by Crippen LogP contribution is 2.22. The summed E-state index contributed by atoms with van der Waals surface area (Å²) in [6.45, 7) is 1.90. The molecule has 0 unspecified atom stereocenters. The number of hydrogen-bond donors (Lipinski definition) is 1. The van der Waals surface area contributed by atoms with Crippen LogP contribution >= 0.6 is 23.1 Å². The molecule has 6 heteroatoms. The first-order valence-electron chi connectivity index (χ1n) is 7.75. The molecule has 0 bridgehead atoms. The van der Waals surface area contributed by atoms with Crippen molar-refractivity contribution < 1.29 is 4.79 Å². The van der Waals surface area contributed by atoms with E-state index in [2.05, 4.69) is 39.8 Å². The first kappa shape index (κ1) is 17.4. The van der Waals surface area contributed by atoms with Gasteiger partial charge >= 0.3 is 0 Å². The Kier molecular flexibility index (Phi) is 5.98. The smallest absolute Gasteiger partial charge is 0.234 e. The SMILES string of the molecule is Cc1nnc(SCC(=O)Nc2ccc(C=Cc3ccccc3)cc2)s1. The van der Waals surface area contributed by atoms with Gasteiger partial charge in [0.25, 0.3) is 0 Å². The van der Waals surface area contributed by atoms with E-state index in [9.17, 15) is 4.79 Å². The number of anilines is 1. The van der Waals surface area contributed by atoms with Gasteiger partial charge in [0, 0.05) is 5.69 Å². The van der Waals surface area contributed by atoms with Crippen molar-refractivity contribution in [3.63, 3.8) is 0 Å². The van der Waals surface area contributed by atoms with Crippen molar-refractivity contribution in [2.75, 3.05) is 11.1 Å². The zero-order valence-electron chi connectivity index (χ0n) is 13.7. The van der Waals surface area contributed by atoms with Gasteiger partial charge in [0.1, 0.15) is 5.01 Å². The molecule has 1 aromatic heterocycles. The van der Waals surface area contributed by atoms with Gasteiger partial charge in [0.15, 0.2) is 4.34 Å². The highest BCUT2D eigenvalue weighted by Gasteiger charge is 2.06. The lowest BCUT2D eigenvalue weighted by Crippen LogP contribution is -2.13. The van der Waals surface area contributed by atoms with E-state index in [1.54, 1.807) is 0 Å². The quantitative estimate of drug-likeness (QED) is 0.505. The minimum Gasteiger partial charge on any atom is -0.325 e. The highest BCUT2D eigenvalue weighted by atomic mass is 32.2. The van der Waals surface area contributed by atoms with Gasteiger partial charge in [0.05, 0.1) is 5.75 Å². The summed E-state index contributed by atoms with van der Waals surface area (Å²) in [6.07, 6.45) is 4.11. The number of carbonyl (C=O) groups is 1. The van der Waals surface area contributed by atoms with Gasteiger partial charge in [-0.15, -0.1) is 10.2 Å². The maximum Gasteiger partial charge on any atom is 0.234 e. The first-order chi connectivity index (χ1) is 12.2. The van der Waals surface area contributed by atoms with Crippen molar-refractivity contribution in [3.05, 3.63) is 70.7 Å². The number of amides is 1. The highest BCUT2D eigenvalue weighted by molar-refractivity contribution is 8.01. The molecule has 4 nitrogen and oxygen atoms in total. The zero-order chi connectivity index (χ0) is 17.5. The van der Waals surface area contributed by atoms with Gasteiger partial charge in [-0.3, -0.25) is 4.79 Å². The van der Waals surface area contributed by atoms with E-state index >= 15 is 0 Å². The average molecular weight is 367 g/mol. The van der Waals surface area contributed by atoms with Crippen LogP contribution in [0.3, 0.4) is 0 Å². The number of aromatic nitrogens is 2.